The van der Waals surface area contributed by atoms with Crippen LogP contribution in [-0.2, 0) is 9.53 Å². The number of piperidine rings is 1. The second-order valence-corrected chi connectivity index (χ2v) is 15.8. The third-order valence-corrected chi connectivity index (χ3v) is 13.3. The highest BCUT2D eigenvalue weighted by molar-refractivity contribution is 5.66. The van der Waals surface area contributed by atoms with Crippen LogP contribution in [0.4, 0.5) is 0 Å². The number of hydrogen-bond acceptors (Lipinski definition) is 6. The van der Waals surface area contributed by atoms with Crippen molar-refractivity contribution >= 4 is 5.97 Å². The quantitative estimate of drug-likeness (QED) is 0.419. The minimum Gasteiger partial charge on any atom is -0.460 e. The summed E-state index contributed by atoms with van der Waals surface area (Å²) >= 11 is 0. The predicted molar refractivity (Wildman–Crippen MR) is 152 cm³/mol. The summed E-state index contributed by atoms with van der Waals surface area (Å²) in [7, 11) is 4.67. The van der Waals surface area contributed by atoms with Crippen LogP contribution in [0.2, 0.25) is 0 Å². The molecule has 4 saturated carbocycles. The van der Waals surface area contributed by atoms with Crippen LogP contribution >= 0.6 is 0 Å². The molecule has 0 spiro atoms. The number of hydrogen-bond donors (Lipinski definition) is 2. The second kappa shape index (κ2) is 10.2. The number of likely N-dealkylation sites (N-methyl/N-ethyl adjacent to an activating group) is 1. The molecule has 6 fully saturated rings. The highest BCUT2D eigenvalue weighted by Gasteiger charge is 2.65. The predicted octanol–water partition coefficient (Wildman–Crippen LogP) is 3.13. The van der Waals surface area contributed by atoms with E-state index in [0.29, 0.717) is 29.7 Å². The summed E-state index contributed by atoms with van der Waals surface area (Å²) in [4.78, 5) is 17.6. The third kappa shape index (κ3) is 4.90. The van der Waals surface area contributed by atoms with Crippen molar-refractivity contribution in [2.45, 2.75) is 109 Å². The number of aliphatic hydroxyl groups is 2. The van der Waals surface area contributed by atoms with E-state index in [0.717, 1.165) is 75.9 Å². The van der Waals surface area contributed by atoms with Crippen LogP contribution in [0, 0.1) is 34.5 Å². The Morgan fingerprint density at radius 3 is 2.18 bits per heavy atom. The zero-order valence-electron chi connectivity index (χ0n) is 25.4. The van der Waals surface area contributed by atoms with Crippen LogP contribution in [0.1, 0.15) is 78.6 Å². The van der Waals surface area contributed by atoms with E-state index < -0.39 is 0 Å². The average molecular weight is 547 g/mol. The van der Waals surface area contributed by atoms with Gasteiger partial charge in [0.1, 0.15) is 6.10 Å². The van der Waals surface area contributed by atoms with Crippen molar-refractivity contribution in [3.63, 3.8) is 0 Å². The highest BCUT2D eigenvalue weighted by atomic mass is 16.5. The smallest absolute Gasteiger partial charge is 0.302 e. The lowest BCUT2D eigenvalue weighted by molar-refractivity contribution is -0.894. The van der Waals surface area contributed by atoms with E-state index in [-0.39, 0.29) is 41.2 Å². The van der Waals surface area contributed by atoms with Gasteiger partial charge >= 0.3 is 5.97 Å². The summed E-state index contributed by atoms with van der Waals surface area (Å²) in [5.74, 6) is 2.46. The summed E-state index contributed by atoms with van der Waals surface area (Å²) in [5, 5.41) is 21.4. The molecule has 5 unspecified atom stereocenters. The SMILES string of the molecule is CC(=O)OC1C(N2CC[N+](C)(C)CC2)C[C@H]2[C@@H]3CCC4CC(O)C(N5CCC(O)CC5)C[C@]4(C)[C@@H]3CC[C@]12C. The van der Waals surface area contributed by atoms with Gasteiger partial charge in [-0.25, -0.2) is 0 Å². The van der Waals surface area contributed by atoms with Gasteiger partial charge in [0.05, 0.1) is 39.4 Å². The topological polar surface area (TPSA) is 73.2 Å². The molecule has 7 heteroatoms. The molecule has 0 aromatic heterocycles. The average Bonchev–Trinajstić information content (AvgIpc) is 3.16. The Balaban J connectivity index is 1.24. The van der Waals surface area contributed by atoms with Gasteiger partial charge in [0.25, 0.3) is 0 Å². The lowest BCUT2D eigenvalue weighted by Gasteiger charge is -2.62. The van der Waals surface area contributed by atoms with Gasteiger partial charge in [-0.3, -0.25) is 14.6 Å². The molecule has 6 aliphatic rings. The van der Waals surface area contributed by atoms with E-state index in [9.17, 15) is 15.0 Å². The van der Waals surface area contributed by atoms with Gasteiger partial charge in [-0.15, -0.1) is 0 Å². The molecule has 39 heavy (non-hydrogen) atoms. The summed E-state index contributed by atoms with van der Waals surface area (Å²) in [6, 6.07) is 0.569. The zero-order valence-corrected chi connectivity index (χ0v) is 25.4. The molecule has 0 aromatic rings. The number of rotatable bonds is 3. The van der Waals surface area contributed by atoms with E-state index in [4.69, 9.17) is 4.74 Å². The van der Waals surface area contributed by atoms with Gasteiger partial charge < -0.3 is 19.4 Å². The van der Waals surface area contributed by atoms with E-state index in [1.165, 1.54) is 25.7 Å². The molecule has 2 saturated heterocycles. The highest BCUT2D eigenvalue weighted by Crippen LogP contribution is 2.67. The van der Waals surface area contributed by atoms with Crippen LogP contribution in [0.15, 0.2) is 0 Å². The van der Waals surface area contributed by atoms with E-state index in [2.05, 4.69) is 37.7 Å². The molecule has 0 amide bonds. The van der Waals surface area contributed by atoms with Crippen molar-refractivity contribution in [3.05, 3.63) is 0 Å². The maximum Gasteiger partial charge on any atom is 0.302 e. The standard InChI is InChI=1S/C32H56N3O4/c1-21(36)39-30-27(34-14-16-35(4,5)17-15-34)19-26-24-7-6-22-18-29(38)28(33-12-9-23(37)10-13-33)20-32(22,3)25(24)8-11-31(26,30)2/h22-30,37-38H,6-20H2,1-5H3/q+1/t22?,24-,25-,26+,27?,28?,29?,30?,31+,32+/m1/s1. The summed E-state index contributed by atoms with van der Waals surface area (Å²) in [6.07, 6.45) is 9.31. The molecule has 0 aromatic carbocycles. The number of likely N-dealkylation sites (tertiary alicyclic amines) is 1. The van der Waals surface area contributed by atoms with Gasteiger partial charge in [-0.05, 0) is 86.9 Å². The molecule has 0 radical (unpaired) electrons. The minimum atomic E-state index is -0.241. The number of ether oxygens (including phenoxy) is 1. The number of carbonyl (C=O) groups is 1. The van der Waals surface area contributed by atoms with Gasteiger partial charge in [-0.1, -0.05) is 13.8 Å². The Morgan fingerprint density at radius 1 is 0.846 bits per heavy atom. The van der Waals surface area contributed by atoms with Crippen LogP contribution in [-0.4, -0.2) is 114 Å². The van der Waals surface area contributed by atoms with E-state index in [1.807, 2.05) is 0 Å². The Kier molecular flexibility index (Phi) is 7.44. The Labute approximate surface area is 236 Å². The van der Waals surface area contributed by atoms with Crippen molar-refractivity contribution in [3.8, 4) is 0 Å². The summed E-state index contributed by atoms with van der Waals surface area (Å²) < 4.78 is 7.37. The van der Waals surface area contributed by atoms with Crippen molar-refractivity contribution in [1.82, 2.24) is 9.80 Å². The van der Waals surface area contributed by atoms with Crippen molar-refractivity contribution in [1.29, 1.82) is 0 Å². The van der Waals surface area contributed by atoms with Crippen LogP contribution in [0.3, 0.4) is 0 Å². The van der Waals surface area contributed by atoms with Gasteiger partial charge in [0.15, 0.2) is 0 Å². The lowest BCUT2D eigenvalue weighted by atomic mass is 9.44. The van der Waals surface area contributed by atoms with Crippen LogP contribution in [0.5, 0.6) is 0 Å². The third-order valence-electron chi connectivity index (χ3n) is 13.3. The molecule has 4 aliphatic carbocycles. The number of esters is 1. The number of nitrogens with zero attached hydrogens (tertiary/aromatic N) is 3. The number of fused-ring (bicyclic) bond motifs is 5. The Bertz CT molecular complexity index is 911. The monoisotopic (exact) mass is 546 g/mol. The first-order valence-corrected chi connectivity index (χ1v) is 16.2. The van der Waals surface area contributed by atoms with Gasteiger partial charge in [0.2, 0.25) is 0 Å². The maximum atomic E-state index is 12.4. The van der Waals surface area contributed by atoms with Gasteiger partial charge in [-0.2, -0.15) is 0 Å². The fraction of sp³-hybridized carbons (Fsp3) is 0.969. The van der Waals surface area contributed by atoms with Crippen molar-refractivity contribution < 1.29 is 24.2 Å². The number of piperazine rings is 1. The maximum absolute atomic E-state index is 12.4. The Morgan fingerprint density at radius 2 is 1.51 bits per heavy atom. The zero-order chi connectivity index (χ0) is 27.7. The molecule has 7 nitrogen and oxygen atoms in total. The molecule has 222 valence electrons. The number of aliphatic hydroxyl groups excluding tert-OH is 2. The second-order valence-electron chi connectivity index (χ2n) is 15.8. The first kappa shape index (κ1) is 28.4. The van der Waals surface area contributed by atoms with Crippen molar-refractivity contribution in [2.24, 2.45) is 34.5 Å². The number of quaternary nitrogens is 1. The molecular formula is C32H56N3O4+. The van der Waals surface area contributed by atoms with Crippen LogP contribution in [0.25, 0.3) is 0 Å². The summed E-state index contributed by atoms with van der Waals surface area (Å²) in [6.45, 7) is 13.0. The first-order chi connectivity index (χ1) is 18.4. The van der Waals surface area contributed by atoms with Crippen LogP contribution < -0.4 is 0 Å². The molecule has 2 aliphatic heterocycles. The Hall–Kier alpha value is -0.730. The molecule has 2 N–H and O–H groups in total. The number of carbonyl (C=O) groups excluding carboxylic acids is 1. The molecule has 0 bridgehead atoms. The summed E-state index contributed by atoms with van der Waals surface area (Å²) in [5.41, 5.74) is 0.310. The fourth-order valence-corrected chi connectivity index (χ4v) is 10.9. The van der Waals surface area contributed by atoms with Crippen molar-refractivity contribution in [2.75, 3.05) is 53.4 Å². The van der Waals surface area contributed by atoms with E-state index >= 15 is 0 Å². The molecule has 6 rings (SSSR count). The largest absolute Gasteiger partial charge is 0.460 e. The minimum absolute atomic E-state index is 0.000829. The molecule has 2 heterocycles. The van der Waals surface area contributed by atoms with E-state index in [1.54, 1.807) is 6.92 Å². The molecular weight excluding hydrogens is 490 g/mol. The molecule has 10 atom stereocenters. The lowest BCUT2D eigenvalue weighted by Crippen LogP contribution is -2.61. The fourth-order valence-electron chi connectivity index (χ4n) is 10.9. The normalized spacial score (nSPS) is 49.1. The van der Waals surface area contributed by atoms with Gasteiger partial charge in [0, 0.05) is 50.6 Å². The first-order valence-electron chi connectivity index (χ1n) is 16.2.